The maximum absolute atomic E-state index is 13.9. The molecule has 0 radical (unpaired) electrons. The highest BCUT2D eigenvalue weighted by Gasteiger charge is 2.28. The van der Waals surface area contributed by atoms with E-state index in [0.717, 1.165) is 18.1 Å². The largest absolute Gasteiger partial charge is 0.454 e. The Morgan fingerprint density at radius 3 is 2.70 bits per heavy atom. The van der Waals surface area contributed by atoms with Crippen molar-refractivity contribution in [1.29, 1.82) is 0 Å². The molecule has 1 fully saturated rings. The predicted octanol–water partition coefficient (Wildman–Crippen LogP) is 3.70. The monoisotopic (exact) mass is 453 g/mol. The van der Waals surface area contributed by atoms with Crippen LogP contribution in [-0.2, 0) is 4.74 Å². The first kappa shape index (κ1) is 21.2. The first-order chi connectivity index (χ1) is 16.0. The molecule has 3 heterocycles. The number of nitrogens with two attached hydrogens (primary N) is 1. The predicted molar refractivity (Wildman–Crippen MR) is 116 cm³/mol. The number of ether oxygens (including phenoxy) is 2. The van der Waals surface area contributed by atoms with Crippen molar-refractivity contribution in [2.24, 2.45) is 0 Å². The second-order valence-electron chi connectivity index (χ2n) is 7.81. The van der Waals surface area contributed by atoms with Crippen molar-refractivity contribution < 1.29 is 23.4 Å². The molecule has 0 saturated carbocycles. The fraction of sp³-hybridized carbons (Fsp3) is 0.261. The van der Waals surface area contributed by atoms with Gasteiger partial charge in [0.2, 0.25) is 5.82 Å². The first-order valence-corrected chi connectivity index (χ1v) is 10.5. The van der Waals surface area contributed by atoms with Gasteiger partial charge in [0, 0.05) is 11.5 Å². The third-order valence-electron chi connectivity index (χ3n) is 5.70. The van der Waals surface area contributed by atoms with E-state index in [4.69, 9.17) is 20.2 Å². The first-order valence-electron chi connectivity index (χ1n) is 10.5. The van der Waals surface area contributed by atoms with Gasteiger partial charge >= 0.3 is 0 Å². The lowest BCUT2D eigenvalue weighted by Gasteiger charge is -2.26. The van der Waals surface area contributed by atoms with Crippen LogP contribution in [0.5, 0.6) is 11.5 Å². The van der Waals surface area contributed by atoms with Gasteiger partial charge in [0.15, 0.2) is 17.4 Å². The summed E-state index contributed by atoms with van der Waals surface area (Å²) in [5, 5.41) is 13.7. The van der Waals surface area contributed by atoms with Gasteiger partial charge in [0.05, 0.1) is 19.3 Å². The molecule has 0 bridgehead atoms. The van der Waals surface area contributed by atoms with E-state index in [1.807, 2.05) is 0 Å². The van der Waals surface area contributed by atoms with Gasteiger partial charge in [-0.05, 0) is 49.2 Å². The Morgan fingerprint density at radius 1 is 1.15 bits per heavy atom. The van der Waals surface area contributed by atoms with Crippen LogP contribution in [0, 0.1) is 11.6 Å². The van der Waals surface area contributed by atoms with Crippen LogP contribution in [0.25, 0.3) is 16.8 Å². The number of rotatable bonds is 5. The van der Waals surface area contributed by atoms with Crippen LogP contribution in [0.4, 0.5) is 14.6 Å². The van der Waals surface area contributed by atoms with Crippen molar-refractivity contribution in [3.8, 4) is 22.8 Å². The topological polar surface area (TPSA) is 108 Å². The molecule has 0 spiro atoms. The summed E-state index contributed by atoms with van der Waals surface area (Å²) in [4.78, 5) is 8.93. The number of hydrogen-bond donors (Lipinski definition) is 2. The highest BCUT2D eigenvalue weighted by atomic mass is 19.2. The van der Waals surface area contributed by atoms with E-state index in [1.54, 1.807) is 28.8 Å². The standard InChI is InChI=1S/C23H21F2N5O3/c24-17-2-1-3-18(19(17)25)33-15-7-4-13(5-8-15)20-21-22(26)27-12-28-30(21)23(29-20)14-6-9-16(10-31)32-11-14/h1-5,7-8,12,14,16,31H,6,9-11H2,(H2,26,27,28). The van der Waals surface area contributed by atoms with Gasteiger partial charge in [-0.3, -0.25) is 0 Å². The summed E-state index contributed by atoms with van der Waals surface area (Å²) in [6, 6.07) is 10.5. The molecular formula is C23H21F2N5O3. The van der Waals surface area contributed by atoms with Crippen molar-refractivity contribution >= 4 is 11.3 Å². The minimum atomic E-state index is -1.05. The zero-order valence-electron chi connectivity index (χ0n) is 17.5. The van der Waals surface area contributed by atoms with Crippen molar-refractivity contribution in [3.05, 3.63) is 66.3 Å². The molecule has 0 amide bonds. The Morgan fingerprint density at radius 2 is 1.97 bits per heavy atom. The number of nitrogens with zero attached hydrogens (tertiary/aromatic N) is 4. The zero-order valence-corrected chi connectivity index (χ0v) is 17.5. The van der Waals surface area contributed by atoms with E-state index < -0.39 is 11.6 Å². The lowest BCUT2D eigenvalue weighted by molar-refractivity contribution is -0.0284. The van der Waals surface area contributed by atoms with Crippen molar-refractivity contribution in [1.82, 2.24) is 19.6 Å². The van der Waals surface area contributed by atoms with E-state index in [0.29, 0.717) is 35.8 Å². The van der Waals surface area contributed by atoms with Crippen LogP contribution in [0.3, 0.4) is 0 Å². The summed E-state index contributed by atoms with van der Waals surface area (Å²) in [5.41, 5.74) is 8.06. The Bertz CT molecular complexity index is 1290. The Balaban J connectivity index is 1.48. The van der Waals surface area contributed by atoms with Gasteiger partial charge < -0.3 is 20.3 Å². The number of imidazole rings is 1. The zero-order chi connectivity index (χ0) is 22.9. The highest BCUT2D eigenvalue weighted by molar-refractivity contribution is 5.85. The van der Waals surface area contributed by atoms with E-state index in [2.05, 4.69) is 10.1 Å². The van der Waals surface area contributed by atoms with Gasteiger partial charge in [-0.1, -0.05) is 6.07 Å². The van der Waals surface area contributed by atoms with Crippen LogP contribution in [0.1, 0.15) is 24.6 Å². The van der Waals surface area contributed by atoms with Crippen LogP contribution in [0.2, 0.25) is 0 Å². The minimum absolute atomic E-state index is 0.0106. The number of halogens is 2. The molecule has 33 heavy (non-hydrogen) atoms. The Hall–Kier alpha value is -3.63. The number of nitrogen functional groups attached to an aromatic ring is 1. The molecule has 10 heteroatoms. The molecule has 3 N–H and O–H groups in total. The quantitative estimate of drug-likeness (QED) is 0.474. The third-order valence-corrected chi connectivity index (χ3v) is 5.70. The summed E-state index contributed by atoms with van der Waals surface area (Å²) < 4.78 is 40.2. The number of hydrogen-bond acceptors (Lipinski definition) is 7. The number of benzene rings is 2. The second-order valence-corrected chi connectivity index (χ2v) is 7.81. The fourth-order valence-electron chi connectivity index (χ4n) is 3.97. The maximum atomic E-state index is 13.9. The maximum Gasteiger partial charge on any atom is 0.201 e. The van der Waals surface area contributed by atoms with Gasteiger partial charge in [-0.25, -0.2) is 18.9 Å². The number of fused-ring (bicyclic) bond motifs is 1. The van der Waals surface area contributed by atoms with Gasteiger partial charge in [-0.2, -0.15) is 9.49 Å². The van der Waals surface area contributed by atoms with Crippen molar-refractivity contribution in [2.45, 2.75) is 24.9 Å². The fourth-order valence-corrected chi connectivity index (χ4v) is 3.97. The molecule has 8 nitrogen and oxygen atoms in total. The van der Waals surface area contributed by atoms with Crippen molar-refractivity contribution in [3.63, 3.8) is 0 Å². The summed E-state index contributed by atoms with van der Waals surface area (Å²) in [7, 11) is 0. The summed E-state index contributed by atoms with van der Waals surface area (Å²) in [6.07, 6.45) is 2.72. The molecule has 0 aliphatic carbocycles. The summed E-state index contributed by atoms with van der Waals surface area (Å²) in [6.45, 7) is 0.406. The van der Waals surface area contributed by atoms with Crippen LogP contribution < -0.4 is 10.5 Å². The summed E-state index contributed by atoms with van der Waals surface area (Å²) >= 11 is 0. The molecule has 4 aromatic rings. The highest BCUT2D eigenvalue weighted by Crippen LogP contribution is 2.35. The molecule has 5 rings (SSSR count). The van der Waals surface area contributed by atoms with E-state index in [-0.39, 0.29) is 30.2 Å². The summed E-state index contributed by atoms with van der Waals surface area (Å²) in [5.74, 6) is -0.913. The SMILES string of the molecule is Nc1ncnn2c(C3CCC(CO)OC3)nc(-c3ccc(Oc4cccc(F)c4F)cc3)c12. The van der Waals surface area contributed by atoms with Crippen LogP contribution in [0.15, 0.2) is 48.8 Å². The van der Waals surface area contributed by atoms with Gasteiger partial charge in [0.1, 0.15) is 29.1 Å². The average Bonchev–Trinajstić information content (AvgIpc) is 3.24. The molecule has 2 unspecified atom stereocenters. The minimum Gasteiger partial charge on any atom is -0.454 e. The van der Waals surface area contributed by atoms with E-state index >= 15 is 0 Å². The lowest BCUT2D eigenvalue weighted by atomic mass is 9.98. The molecule has 1 aliphatic rings. The van der Waals surface area contributed by atoms with Gasteiger partial charge in [0.25, 0.3) is 0 Å². The Kier molecular flexibility index (Phi) is 5.61. The number of aliphatic hydroxyl groups excluding tert-OH is 1. The number of aliphatic hydroxyl groups is 1. The smallest absolute Gasteiger partial charge is 0.201 e. The van der Waals surface area contributed by atoms with Crippen molar-refractivity contribution in [2.75, 3.05) is 18.9 Å². The Labute approximate surface area is 187 Å². The molecule has 1 saturated heterocycles. The van der Waals surface area contributed by atoms with Crippen LogP contribution in [-0.4, -0.2) is 44.0 Å². The molecule has 2 aromatic carbocycles. The lowest BCUT2D eigenvalue weighted by Crippen LogP contribution is -2.28. The second kappa shape index (κ2) is 8.72. The molecule has 2 aromatic heterocycles. The molecule has 1 aliphatic heterocycles. The number of aromatic nitrogens is 4. The van der Waals surface area contributed by atoms with Gasteiger partial charge in [-0.15, -0.1) is 0 Å². The van der Waals surface area contributed by atoms with E-state index in [1.165, 1.54) is 18.5 Å². The third kappa shape index (κ3) is 3.98. The molecule has 170 valence electrons. The van der Waals surface area contributed by atoms with Crippen LogP contribution >= 0.6 is 0 Å². The average molecular weight is 453 g/mol. The normalized spacial score (nSPS) is 18.5. The molecular weight excluding hydrogens is 432 g/mol. The van der Waals surface area contributed by atoms with E-state index in [9.17, 15) is 13.9 Å². The number of anilines is 1. The molecule has 2 atom stereocenters.